The van der Waals surface area contributed by atoms with Crippen LogP contribution in [0.2, 0.25) is 0 Å². The molecule has 3 amide bonds. The van der Waals surface area contributed by atoms with Gasteiger partial charge in [-0.1, -0.05) is 38.1 Å². The number of likely N-dealkylation sites (tertiary alicyclic amines) is 1. The molecule has 1 saturated carbocycles. The number of carbonyl (C=O) groups is 2. The predicted octanol–water partition coefficient (Wildman–Crippen LogP) is 3.28. The fraction of sp³-hybridized carbons (Fsp3) is 0.565. The second-order valence-corrected chi connectivity index (χ2v) is 9.16. The van der Waals surface area contributed by atoms with Crippen molar-refractivity contribution in [2.24, 2.45) is 11.8 Å². The van der Waals surface area contributed by atoms with Gasteiger partial charge in [0.25, 0.3) is 0 Å². The van der Waals surface area contributed by atoms with E-state index in [1.54, 1.807) is 6.92 Å². The van der Waals surface area contributed by atoms with Crippen LogP contribution in [0.4, 0.5) is 10.5 Å². The number of amides is 3. The zero-order chi connectivity index (χ0) is 22.2. The molecule has 4 rings (SSSR count). The van der Waals surface area contributed by atoms with Gasteiger partial charge in [0.05, 0.1) is 5.41 Å². The van der Waals surface area contributed by atoms with Crippen molar-refractivity contribution in [3.63, 3.8) is 0 Å². The van der Waals surface area contributed by atoms with E-state index in [0.717, 1.165) is 18.5 Å². The third kappa shape index (κ3) is 4.16. The topological polar surface area (TPSA) is 100 Å². The Hall–Kier alpha value is -2.90. The zero-order valence-electron chi connectivity index (χ0n) is 18.6. The maximum absolute atomic E-state index is 12.7. The molecule has 1 aromatic carbocycles. The molecule has 2 heterocycles. The van der Waals surface area contributed by atoms with Crippen LogP contribution >= 0.6 is 0 Å². The Balaban J connectivity index is 1.48. The van der Waals surface area contributed by atoms with E-state index in [4.69, 9.17) is 4.52 Å². The van der Waals surface area contributed by atoms with E-state index < -0.39 is 5.41 Å². The summed E-state index contributed by atoms with van der Waals surface area (Å²) in [6.07, 6.45) is 2.36. The molecule has 2 N–H and O–H groups in total. The highest BCUT2D eigenvalue weighted by molar-refractivity contribution is 5.89. The van der Waals surface area contributed by atoms with Crippen LogP contribution in [0.5, 0.6) is 0 Å². The predicted molar refractivity (Wildman–Crippen MR) is 117 cm³/mol. The molecule has 8 nitrogen and oxygen atoms in total. The Labute approximate surface area is 182 Å². The third-order valence-corrected chi connectivity index (χ3v) is 6.56. The number of nitrogens with one attached hydrogen (secondary N) is 2. The van der Waals surface area contributed by atoms with Gasteiger partial charge in [0.15, 0.2) is 5.82 Å². The first-order valence-electron chi connectivity index (χ1n) is 11.1. The third-order valence-electron chi connectivity index (χ3n) is 6.56. The Kier molecular flexibility index (Phi) is 5.73. The molecule has 1 aliphatic heterocycles. The molecular formula is C23H31N5O3. The van der Waals surface area contributed by atoms with Crippen LogP contribution in [0.1, 0.15) is 50.9 Å². The van der Waals surface area contributed by atoms with Crippen LogP contribution in [0, 0.1) is 18.8 Å². The molecule has 3 atom stereocenters. The van der Waals surface area contributed by atoms with Crippen LogP contribution in [-0.2, 0) is 16.6 Å². The van der Waals surface area contributed by atoms with Crippen molar-refractivity contribution in [3.8, 4) is 0 Å². The van der Waals surface area contributed by atoms with Crippen LogP contribution in [-0.4, -0.2) is 46.1 Å². The van der Waals surface area contributed by atoms with Gasteiger partial charge in [0, 0.05) is 30.7 Å². The van der Waals surface area contributed by atoms with Gasteiger partial charge in [0.2, 0.25) is 11.8 Å². The normalized spacial score (nSPS) is 25.0. The Morgan fingerprint density at radius 1 is 1.35 bits per heavy atom. The van der Waals surface area contributed by atoms with Crippen molar-refractivity contribution < 1.29 is 14.1 Å². The van der Waals surface area contributed by atoms with E-state index in [-0.39, 0.29) is 29.8 Å². The number of urea groups is 1. The standard InChI is InChI=1S/C23H31N5O3/c1-5-16-7-6-8-18(9-16)25-22(30)26-19-10-17-12-28(20(29)14(2)3)13-23(17,11-19)21-24-15(4)27-31-21/h6-9,14,17,19H,5,10-13H2,1-4H3,(H2,25,26,30)/t17-,19+,23-/m0/s1. The quantitative estimate of drug-likeness (QED) is 0.766. The summed E-state index contributed by atoms with van der Waals surface area (Å²) in [7, 11) is 0. The van der Waals surface area contributed by atoms with Crippen molar-refractivity contribution in [3.05, 3.63) is 41.5 Å². The first kappa shape index (κ1) is 21.3. The van der Waals surface area contributed by atoms with E-state index in [2.05, 4.69) is 27.7 Å². The van der Waals surface area contributed by atoms with Gasteiger partial charge in [0.1, 0.15) is 0 Å². The minimum Gasteiger partial charge on any atom is -0.341 e. The highest BCUT2D eigenvalue weighted by Gasteiger charge is 2.58. The first-order valence-corrected chi connectivity index (χ1v) is 11.1. The SMILES string of the molecule is CCc1cccc(NC(=O)N[C@@H]2C[C@H]3CN(C(=O)C(C)C)C[C@@]3(c3nc(C)no3)C2)c1. The summed E-state index contributed by atoms with van der Waals surface area (Å²) in [5, 5.41) is 10.1. The van der Waals surface area contributed by atoms with Crippen molar-refractivity contribution in [2.75, 3.05) is 18.4 Å². The minimum atomic E-state index is -0.411. The largest absolute Gasteiger partial charge is 0.341 e. The molecule has 0 bridgehead atoms. The van der Waals surface area contributed by atoms with Gasteiger partial charge in [-0.15, -0.1) is 0 Å². The van der Waals surface area contributed by atoms with Gasteiger partial charge in [-0.3, -0.25) is 4.79 Å². The Morgan fingerprint density at radius 2 is 2.16 bits per heavy atom. The lowest BCUT2D eigenvalue weighted by molar-refractivity contribution is -0.133. The molecule has 1 saturated heterocycles. The Bertz CT molecular complexity index is 972. The molecule has 1 aromatic heterocycles. The lowest BCUT2D eigenvalue weighted by Crippen LogP contribution is -2.41. The van der Waals surface area contributed by atoms with Crippen molar-refractivity contribution in [1.82, 2.24) is 20.4 Å². The van der Waals surface area contributed by atoms with Crippen LogP contribution in [0.3, 0.4) is 0 Å². The van der Waals surface area contributed by atoms with Gasteiger partial charge >= 0.3 is 6.03 Å². The maximum Gasteiger partial charge on any atom is 0.319 e. The van der Waals surface area contributed by atoms with Crippen molar-refractivity contribution in [2.45, 2.75) is 58.4 Å². The summed E-state index contributed by atoms with van der Waals surface area (Å²) in [5.74, 6) is 1.42. The number of hydrogen-bond acceptors (Lipinski definition) is 5. The molecule has 0 spiro atoms. The highest BCUT2D eigenvalue weighted by Crippen LogP contribution is 2.50. The molecule has 31 heavy (non-hydrogen) atoms. The number of benzene rings is 1. The average molecular weight is 426 g/mol. The van der Waals surface area contributed by atoms with Gasteiger partial charge < -0.3 is 20.1 Å². The molecule has 0 unspecified atom stereocenters. The van der Waals surface area contributed by atoms with Crippen LogP contribution in [0.15, 0.2) is 28.8 Å². The number of rotatable bonds is 5. The number of carbonyl (C=O) groups excluding carboxylic acids is 2. The lowest BCUT2D eigenvalue weighted by Gasteiger charge is -2.26. The number of hydrogen-bond donors (Lipinski definition) is 2. The number of anilines is 1. The van der Waals surface area contributed by atoms with E-state index in [9.17, 15) is 9.59 Å². The number of aryl methyl sites for hydroxylation is 2. The summed E-state index contributed by atoms with van der Waals surface area (Å²) in [6, 6.07) is 7.62. The molecule has 166 valence electrons. The van der Waals surface area contributed by atoms with Gasteiger partial charge in [-0.05, 0) is 49.8 Å². The molecular weight excluding hydrogens is 394 g/mol. The van der Waals surface area contributed by atoms with E-state index in [1.165, 1.54) is 5.56 Å². The second-order valence-electron chi connectivity index (χ2n) is 9.16. The van der Waals surface area contributed by atoms with Crippen LogP contribution < -0.4 is 10.6 Å². The number of fused-ring (bicyclic) bond motifs is 1. The fourth-order valence-corrected chi connectivity index (χ4v) is 5.07. The maximum atomic E-state index is 12.7. The monoisotopic (exact) mass is 425 g/mol. The molecule has 8 heteroatoms. The summed E-state index contributed by atoms with van der Waals surface area (Å²) in [6.45, 7) is 8.92. The van der Waals surface area contributed by atoms with E-state index >= 15 is 0 Å². The number of aromatic nitrogens is 2. The van der Waals surface area contributed by atoms with Gasteiger partial charge in [-0.2, -0.15) is 4.98 Å². The van der Waals surface area contributed by atoms with Crippen molar-refractivity contribution in [1.29, 1.82) is 0 Å². The van der Waals surface area contributed by atoms with Gasteiger partial charge in [-0.25, -0.2) is 4.79 Å². The molecule has 2 aliphatic rings. The van der Waals surface area contributed by atoms with Crippen LogP contribution in [0.25, 0.3) is 0 Å². The summed E-state index contributed by atoms with van der Waals surface area (Å²) < 4.78 is 5.59. The first-order chi connectivity index (χ1) is 14.8. The molecule has 0 radical (unpaired) electrons. The zero-order valence-corrected chi connectivity index (χ0v) is 18.6. The minimum absolute atomic E-state index is 0.0251. The molecule has 2 aromatic rings. The molecule has 1 aliphatic carbocycles. The smallest absolute Gasteiger partial charge is 0.319 e. The fourth-order valence-electron chi connectivity index (χ4n) is 5.07. The van der Waals surface area contributed by atoms with E-state index in [0.29, 0.717) is 31.2 Å². The molecule has 2 fully saturated rings. The summed E-state index contributed by atoms with van der Waals surface area (Å²) in [4.78, 5) is 31.7. The van der Waals surface area contributed by atoms with Crippen molar-refractivity contribution >= 4 is 17.6 Å². The lowest BCUT2D eigenvalue weighted by atomic mass is 9.80. The summed E-state index contributed by atoms with van der Waals surface area (Å²) in [5.41, 5.74) is 1.55. The van der Waals surface area contributed by atoms with E-state index in [1.807, 2.05) is 43.0 Å². The highest BCUT2D eigenvalue weighted by atomic mass is 16.5. The second kappa shape index (κ2) is 8.32. The summed E-state index contributed by atoms with van der Waals surface area (Å²) >= 11 is 0. The average Bonchev–Trinajstić information content (AvgIpc) is 3.40. The number of nitrogens with zero attached hydrogens (tertiary/aromatic N) is 3. The Morgan fingerprint density at radius 3 is 2.84 bits per heavy atom.